The zero-order valence-electron chi connectivity index (χ0n) is 20.4. The number of halogens is 2. The van der Waals surface area contributed by atoms with Crippen LogP contribution in [0.4, 0.5) is 5.95 Å². The summed E-state index contributed by atoms with van der Waals surface area (Å²) < 4.78 is 15.8. The van der Waals surface area contributed by atoms with E-state index in [1.807, 2.05) is 0 Å². The number of ether oxygens (including phenoxy) is 3. The minimum Gasteiger partial charge on any atom is -0.507 e. The number of hydrogen-bond donors (Lipinski definition) is 2. The van der Waals surface area contributed by atoms with Crippen LogP contribution in [-0.4, -0.2) is 48.1 Å². The lowest BCUT2D eigenvalue weighted by atomic mass is 9.95. The average molecular weight is 554 g/mol. The number of aliphatic hydroxyl groups excluding tert-OH is 1. The highest BCUT2D eigenvalue weighted by atomic mass is 35.5. The number of nitrogens with one attached hydrogen (secondary N) is 1. The third kappa shape index (κ3) is 4.19. The molecule has 5 rings (SSSR count). The number of anilines is 1. The summed E-state index contributed by atoms with van der Waals surface area (Å²) in [7, 11) is 4.45. The lowest BCUT2D eigenvalue weighted by Gasteiger charge is -2.23. The van der Waals surface area contributed by atoms with Crippen LogP contribution < -0.4 is 19.1 Å². The number of carbonyl (C=O) groups excluding carboxylic acids is 2. The van der Waals surface area contributed by atoms with Crippen LogP contribution in [0.15, 0.2) is 60.2 Å². The molecule has 2 N–H and O–H groups in total. The molecule has 1 unspecified atom stereocenters. The van der Waals surface area contributed by atoms with Crippen LogP contribution in [0.25, 0.3) is 16.8 Å². The zero-order valence-corrected chi connectivity index (χ0v) is 21.9. The number of imidazole rings is 1. The van der Waals surface area contributed by atoms with Crippen LogP contribution in [0.5, 0.6) is 17.2 Å². The van der Waals surface area contributed by atoms with E-state index in [1.165, 1.54) is 38.4 Å². The molecule has 1 aliphatic rings. The second kappa shape index (κ2) is 9.92. The Morgan fingerprint density at radius 3 is 2.29 bits per heavy atom. The van der Waals surface area contributed by atoms with Gasteiger partial charge in [-0.15, -0.1) is 0 Å². The number of ketones is 1. The number of Topliss-reactive ketones (excluding diaryl/α,β-unsaturated/α-hetero) is 1. The van der Waals surface area contributed by atoms with Crippen LogP contribution in [-0.2, 0) is 9.59 Å². The van der Waals surface area contributed by atoms with E-state index in [1.54, 1.807) is 42.5 Å². The van der Waals surface area contributed by atoms with Crippen LogP contribution in [0.1, 0.15) is 17.2 Å². The predicted octanol–water partition coefficient (Wildman–Crippen LogP) is 5.52. The van der Waals surface area contributed by atoms with E-state index in [0.29, 0.717) is 28.1 Å². The largest absolute Gasteiger partial charge is 0.507 e. The highest BCUT2D eigenvalue weighted by molar-refractivity contribution is 6.51. The van der Waals surface area contributed by atoms with Crippen LogP contribution in [0.2, 0.25) is 10.0 Å². The van der Waals surface area contributed by atoms with Gasteiger partial charge in [-0.1, -0.05) is 35.3 Å². The summed E-state index contributed by atoms with van der Waals surface area (Å²) in [5.41, 5.74) is 1.63. The summed E-state index contributed by atoms with van der Waals surface area (Å²) in [6.07, 6.45) is 0. The molecule has 0 bridgehead atoms. The normalized spacial score (nSPS) is 16.8. The molecule has 0 aliphatic carbocycles. The molecule has 1 amide bonds. The molecule has 0 radical (unpaired) electrons. The van der Waals surface area contributed by atoms with E-state index in [0.717, 1.165) is 0 Å². The number of H-pyrrole nitrogens is 1. The molecule has 1 aromatic heterocycles. The fraction of sp³-hybridized carbons (Fsp3) is 0.148. The Kier molecular flexibility index (Phi) is 6.64. The minimum atomic E-state index is -1.05. The van der Waals surface area contributed by atoms with Gasteiger partial charge in [-0.3, -0.25) is 14.5 Å². The molecule has 1 aliphatic heterocycles. The summed E-state index contributed by atoms with van der Waals surface area (Å²) in [4.78, 5) is 35.8. The van der Waals surface area contributed by atoms with Gasteiger partial charge in [-0.05, 0) is 42.0 Å². The summed E-state index contributed by atoms with van der Waals surface area (Å²) >= 11 is 12.6. The van der Waals surface area contributed by atoms with Crippen molar-refractivity contribution in [3.8, 4) is 17.2 Å². The fourth-order valence-electron chi connectivity index (χ4n) is 4.44. The number of aromatic amines is 1. The number of benzene rings is 3. The van der Waals surface area contributed by atoms with E-state index >= 15 is 0 Å². The number of aromatic nitrogens is 2. The highest BCUT2D eigenvalue weighted by Gasteiger charge is 2.48. The Labute approximate surface area is 227 Å². The molecule has 1 fully saturated rings. The molecule has 194 valence electrons. The van der Waals surface area contributed by atoms with Gasteiger partial charge in [-0.25, -0.2) is 4.98 Å². The van der Waals surface area contributed by atoms with Crippen LogP contribution >= 0.6 is 23.2 Å². The van der Waals surface area contributed by atoms with Crippen molar-refractivity contribution in [2.45, 2.75) is 6.04 Å². The highest BCUT2D eigenvalue weighted by Crippen LogP contribution is 2.44. The van der Waals surface area contributed by atoms with Gasteiger partial charge in [0.1, 0.15) is 17.3 Å². The molecule has 1 saturated heterocycles. The first-order valence-corrected chi connectivity index (χ1v) is 12.0. The Morgan fingerprint density at radius 1 is 0.947 bits per heavy atom. The number of fused-ring (bicyclic) bond motifs is 1. The second-order valence-electron chi connectivity index (χ2n) is 8.36. The van der Waals surface area contributed by atoms with Crippen LogP contribution in [0.3, 0.4) is 0 Å². The van der Waals surface area contributed by atoms with Crippen molar-refractivity contribution in [1.29, 1.82) is 0 Å². The first-order chi connectivity index (χ1) is 18.3. The molecule has 3 aromatic carbocycles. The first kappa shape index (κ1) is 25.4. The Morgan fingerprint density at radius 2 is 1.63 bits per heavy atom. The molecule has 9 nitrogen and oxygen atoms in total. The third-order valence-electron chi connectivity index (χ3n) is 6.23. The molecule has 0 spiro atoms. The summed E-state index contributed by atoms with van der Waals surface area (Å²) in [6, 6.07) is 13.8. The Balaban J connectivity index is 1.74. The summed E-state index contributed by atoms with van der Waals surface area (Å²) in [5, 5.41) is 11.6. The van der Waals surface area contributed by atoms with Crippen molar-refractivity contribution in [2.75, 3.05) is 26.2 Å². The zero-order chi connectivity index (χ0) is 27.1. The molecule has 0 saturated carbocycles. The summed E-state index contributed by atoms with van der Waals surface area (Å²) in [6.45, 7) is 0. The van der Waals surface area contributed by atoms with Gasteiger partial charge in [0.2, 0.25) is 5.95 Å². The van der Waals surface area contributed by atoms with Gasteiger partial charge in [0.05, 0.1) is 54.0 Å². The number of aliphatic hydroxyl groups is 1. The van der Waals surface area contributed by atoms with Crippen molar-refractivity contribution < 1.29 is 28.9 Å². The van der Waals surface area contributed by atoms with Gasteiger partial charge in [-0.2, -0.15) is 0 Å². The Hall–Kier alpha value is -4.21. The van der Waals surface area contributed by atoms with E-state index < -0.39 is 23.5 Å². The standard InChI is InChI=1S/C27H21Cl2N3O6/c1-36-15-6-4-5-13(9-15)22-21(23(33)14-10-17(28)25(38-3)18(29)11-14)24(34)26(35)32(22)27-30-19-8-7-16(37-2)12-20(19)31-27/h4-12,22,33H,1-3H3,(H,30,31)/b23-21+. The van der Waals surface area contributed by atoms with E-state index in [-0.39, 0.29) is 32.9 Å². The molecule has 2 heterocycles. The van der Waals surface area contributed by atoms with Crippen molar-refractivity contribution in [2.24, 2.45) is 0 Å². The van der Waals surface area contributed by atoms with Crippen LogP contribution in [0, 0.1) is 0 Å². The molecular formula is C27H21Cl2N3O6. The topological polar surface area (TPSA) is 114 Å². The van der Waals surface area contributed by atoms with Crippen molar-refractivity contribution >= 4 is 57.6 Å². The van der Waals surface area contributed by atoms with Gasteiger partial charge in [0.15, 0.2) is 5.75 Å². The van der Waals surface area contributed by atoms with Crippen molar-refractivity contribution in [3.63, 3.8) is 0 Å². The number of nitrogens with zero attached hydrogens (tertiary/aromatic N) is 2. The van der Waals surface area contributed by atoms with Crippen molar-refractivity contribution in [3.05, 3.63) is 81.3 Å². The fourth-order valence-corrected chi connectivity index (χ4v) is 5.08. The quantitative estimate of drug-likeness (QED) is 0.183. The number of rotatable bonds is 6. The monoisotopic (exact) mass is 553 g/mol. The lowest BCUT2D eigenvalue weighted by Crippen LogP contribution is -2.30. The number of hydrogen-bond acceptors (Lipinski definition) is 7. The van der Waals surface area contributed by atoms with Crippen molar-refractivity contribution in [1.82, 2.24) is 9.97 Å². The molecule has 38 heavy (non-hydrogen) atoms. The van der Waals surface area contributed by atoms with Gasteiger partial charge < -0.3 is 24.3 Å². The average Bonchev–Trinajstić information content (AvgIpc) is 3.45. The smallest absolute Gasteiger partial charge is 0.302 e. The van der Waals surface area contributed by atoms with Gasteiger partial charge in [0.25, 0.3) is 5.78 Å². The second-order valence-corrected chi connectivity index (χ2v) is 9.18. The van der Waals surface area contributed by atoms with E-state index in [4.69, 9.17) is 37.4 Å². The maximum Gasteiger partial charge on any atom is 0.302 e. The van der Waals surface area contributed by atoms with Gasteiger partial charge >= 0.3 is 5.91 Å². The molecular weight excluding hydrogens is 533 g/mol. The predicted molar refractivity (Wildman–Crippen MR) is 143 cm³/mol. The summed E-state index contributed by atoms with van der Waals surface area (Å²) in [5.74, 6) is -0.818. The number of amides is 1. The molecule has 1 atom stereocenters. The maximum atomic E-state index is 13.5. The SMILES string of the molecule is COc1cccc(C2/C(=C(\O)c3cc(Cl)c(OC)c(Cl)c3)C(=O)C(=O)N2c2nc3ccc(OC)cc3[nH]2)c1. The lowest BCUT2D eigenvalue weighted by molar-refractivity contribution is -0.132. The number of methoxy groups -OCH3 is 3. The van der Waals surface area contributed by atoms with E-state index in [9.17, 15) is 14.7 Å². The molecule has 11 heteroatoms. The maximum absolute atomic E-state index is 13.5. The third-order valence-corrected chi connectivity index (χ3v) is 6.80. The first-order valence-electron chi connectivity index (χ1n) is 11.3. The van der Waals surface area contributed by atoms with Gasteiger partial charge in [0, 0.05) is 11.6 Å². The Bertz CT molecular complexity index is 1610. The van der Waals surface area contributed by atoms with E-state index in [2.05, 4.69) is 9.97 Å². The minimum absolute atomic E-state index is 0.119. The number of carbonyl (C=O) groups is 2. The molecule has 4 aromatic rings.